The quantitative estimate of drug-likeness (QED) is 0.447. The molecule has 8 nitrogen and oxygen atoms in total. The molecule has 0 saturated heterocycles. The van der Waals surface area contributed by atoms with E-state index in [4.69, 9.17) is 0 Å². The molecule has 1 unspecified atom stereocenters. The third-order valence-electron chi connectivity index (χ3n) is 2.89. The second kappa shape index (κ2) is 6.98. The van der Waals surface area contributed by atoms with Gasteiger partial charge in [-0.1, -0.05) is 13.3 Å². The summed E-state index contributed by atoms with van der Waals surface area (Å²) in [5.74, 6) is -0.757. The van der Waals surface area contributed by atoms with Crippen molar-refractivity contribution in [1.82, 2.24) is 4.98 Å². The van der Waals surface area contributed by atoms with E-state index in [2.05, 4.69) is 15.0 Å². The van der Waals surface area contributed by atoms with Crippen molar-refractivity contribution in [3.8, 4) is 0 Å². The van der Waals surface area contributed by atoms with Gasteiger partial charge in [0.1, 0.15) is 0 Å². The fraction of sp³-hybridized carbons (Fsp3) is 0.538. The number of carbonyl (C=O) groups is 1. The molecule has 0 aliphatic carbocycles. The number of ether oxygens (including phenoxy) is 1. The lowest BCUT2D eigenvalue weighted by Gasteiger charge is -2.23. The lowest BCUT2D eigenvalue weighted by atomic mass is 10.0. The summed E-state index contributed by atoms with van der Waals surface area (Å²) in [4.78, 5) is 25.7. The highest BCUT2D eigenvalue weighted by atomic mass is 16.6. The van der Waals surface area contributed by atoms with E-state index >= 15 is 0 Å². The number of methoxy groups -OCH3 is 1. The van der Waals surface area contributed by atoms with Crippen molar-refractivity contribution < 1.29 is 19.6 Å². The zero-order valence-electron chi connectivity index (χ0n) is 12.3. The largest absolute Gasteiger partial charge is 0.464 e. The van der Waals surface area contributed by atoms with Crippen molar-refractivity contribution in [1.29, 1.82) is 0 Å². The summed E-state index contributed by atoms with van der Waals surface area (Å²) in [6.07, 6.45) is 1.30. The molecular formula is C13H19N3O5. The molecule has 1 heterocycles. The Bertz CT molecular complexity index is 531. The molecule has 8 heteroatoms. The van der Waals surface area contributed by atoms with Gasteiger partial charge in [-0.3, -0.25) is 10.1 Å². The number of esters is 1. The van der Waals surface area contributed by atoms with E-state index in [-0.39, 0.29) is 23.7 Å². The number of carbonyl (C=O) groups excluding carboxylic acids is 1. The molecule has 0 aliphatic rings. The minimum absolute atomic E-state index is 0.0410. The first-order chi connectivity index (χ1) is 9.80. The molecule has 1 aromatic heterocycles. The molecule has 1 atom stereocenters. The molecule has 0 spiro atoms. The van der Waals surface area contributed by atoms with Gasteiger partial charge in [0.05, 0.1) is 17.6 Å². The van der Waals surface area contributed by atoms with E-state index < -0.39 is 16.5 Å². The molecule has 0 saturated carbocycles. The number of pyridine rings is 1. The first-order valence-electron chi connectivity index (χ1n) is 6.50. The Balaban J connectivity index is 3.01. The normalized spacial score (nSPS) is 13.3. The minimum Gasteiger partial charge on any atom is -0.464 e. The zero-order chi connectivity index (χ0) is 16.0. The number of rotatable bonds is 7. The third kappa shape index (κ3) is 4.67. The van der Waals surface area contributed by atoms with E-state index in [0.717, 1.165) is 6.42 Å². The first-order valence-corrected chi connectivity index (χ1v) is 6.50. The van der Waals surface area contributed by atoms with Crippen LogP contribution in [0.4, 0.5) is 11.5 Å². The molecule has 1 aromatic rings. The molecule has 2 N–H and O–H groups in total. The fourth-order valence-electron chi connectivity index (χ4n) is 1.85. The highest BCUT2D eigenvalue weighted by molar-refractivity contribution is 5.88. The van der Waals surface area contributed by atoms with E-state index in [1.54, 1.807) is 6.92 Å². The van der Waals surface area contributed by atoms with Gasteiger partial charge in [0, 0.05) is 12.6 Å². The average molecular weight is 297 g/mol. The Morgan fingerprint density at radius 1 is 1.57 bits per heavy atom. The van der Waals surface area contributed by atoms with Crippen LogP contribution in [0.25, 0.3) is 0 Å². The SMILES string of the molecule is CCCC(C)(O)CNc1nc(C(=O)OC)ccc1[N+](=O)[O-]. The lowest BCUT2D eigenvalue weighted by Crippen LogP contribution is -2.33. The number of hydrogen-bond acceptors (Lipinski definition) is 7. The summed E-state index contributed by atoms with van der Waals surface area (Å²) in [7, 11) is 1.20. The molecule has 0 aromatic carbocycles. The molecular weight excluding hydrogens is 278 g/mol. The summed E-state index contributed by atoms with van der Waals surface area (Å²) < 4.78 is 4.53. The number of hydrogen-bond donors (Lipinski definition) is 2. The Morgan fingerprint density at radius 3 is 2.76 bits per heavy atom. The maximum atomic E-state index is 11.4. The maximum Gasteiger partial charge on any atom is 0.356 e. The van der Waals surface area contributed by atoms with Gasteiger partial charge in [0.15, 0.2) is 5.69 Å². The summed E-state index contributed by atoms with van der Waals surface area (Å²) in [5, 5.41) is 23.8. The van der Waals surface area contributed by atoms with Gasteiger partial charge in [-0.25, -0.2) is 9.78 Å². The van der Waals surface area contributed by atoms with Gasteiger partial charge in [0.25, 0.3) is 0 Å². The number of nitrogens with zero attached hydrogens (tertiary/aromatic N) is 2. The molecule has 0 amide bonds. The van der Waals surface area contributed by atoms with Gasteiger partial charge >= 0.3 is 11.7 Å². The van der Waals surface area contributed by atoms with Crippen molar-refractivity contribution in [3.63, 3.8) is 0 Å². The second-order valence-corrected chi connectivity index (χ2v) is 4.91. The number of aromatic nitrogens is 1. The summed E-state index contributed by atoms with van der Waals surface area (Å²) >= 11 is 0. The monoisotopic (exact) mass is 297 g/mol. The fourth-order valence-corrected chi connectivity index (χ4v) is 1.85. The average Bonchev–Trinajstić information content (AvgIpc) is 2.43. The van der Waals surface area contributed by atoms with Crippen LogP contribution in [0.2, 0.25) is 0 Å². The standard InChI is InChI=1S/C13H19N3O5/c1-4-7-13(2,18)8-14-11-10(16(19)20)6-5-9(15-11)12(17)21-3/h5-6,18H,4,7-8H2,1-3H3,(H,14,15). The Morgan fingerprint density at radius 2 is 2.24 bits per heavy atom. The lowest BCUT2D eigenvalue weighted by molar-refractivity contribution is -0.384. The Kier molecular flexibility index (Phi) is 5.60. The van der Waals surface area contributed by atoms with Crippen LogP contribution < -0.4 is 5.32 Å². The smallest absolute Gasteiger partial charge is 0.356 e. The summed E-state index contributed by atoms with van der Waals surface area (Å²) in [6, 6.07) is 2.40. The van der Waals surface area contributed by atoms with Gasteiger partial charge in [-0.15, -0.1) is 0 Å². The molecule has 0 fully saturated rings. The highest BCUT2D eigenvalue weighted by Crippen LogP contribution is 2.23. The van der Waals surface area contributed by atoms with Crippen molar-refractivity contribution in [2.45, 2.75) is 32.3 Å². The van der Waals surface area contributed by atoms with Crippen molar-refractivity contribution in [2.24, 2.45) is 0 Å². The van der Waals surface area contributed by atoms with Gasteiger partial charge in [0.2, 0.25) is 5.82 Å². The third-order valence-corrected chi connectivity index (χ3v) is 2.89. The highest BCUT2D eigenvalue weighted by Gasteiger charge is 2.23. The molecule has 0 aliphatic heterocycles. The molecule has 21 heavy (non-hydrogen) atoms. The molecule has 0 radical (unpaired) electrons. The van der Waals surface area contributed by atoms with Crippen LogP contribution in [-0.2, 0) is 4.74 Å². The number of aliphatic hydroxyl groups is 1. The molecule has 0 bridgehead atoms. The zero-order valence-corrected chi connectivity index (χ0v) is 12.3. The van der Waals surface area contributed by atoms with Gasteiger partial charge < -0.3 is 15.2 Å². The topological polar surface area (TPSA) is 115 Å². The van der Waals surface area contributed by atoms with Gasteiger partial charge in [-0.05, 0) is 19.4 Å². The maximum absolute atomic E-state index is 11.4. The van der Waals surface area contributed by atoms with E-state index in [0.29, 0.717) is 6.42 Å². The number of nitro groups is 1. The first kappa shape index (κ1) is 16.8. The van der Waals surface area contributed by atoms with E-state index in [1.165, 1.54) is 19.2 Å². The van der Waals surface area contributed by atoms with Crippen molar-refractivity contribution >= 4 is 17.5 Å². The van der Waals surface area contributed by atoms with Crippen LogP contribution in [0.3, 0.4) is 0 Å². The van der Waals surface area contributed by atoms with Crippen LogP contribution in [0.1, 0.15) is 37.2 Å². The van der Waals surface area contributed by atoms with Crippen LogP contribution in [0, 0.1) is 10.1 Å². The van der Waals surface area contributed by atoms with Crippen LogP contribution >= 0.6 is 0 Å². The summed E-state index contributed by atoms with van der Waals surface area (Å²) in [6.45, 7) is 3.63. The molecule has 116 valence electrons. The van der Waals surface area contributed by atoms with Crippen molar-refractivity contribution in [2.75, 3.05) is 19.0 Å². The molecule has 1 rings (SSSR count). The van der Waals surface area contributed by atoms with E-state index in [1.807, 2.05) is 6.92 Å². The van der Waals surface area contributed by atoms with Crippen LogP contribution in [0.5, 0.6) is 0 Å². The Hall–Kier alpha value is -2.22. The van der Waals surface area contributed by atoms with Crippen LogP contribution in [0.15, 0.2) is 12.1 Å². The van der Waals surface area contributed by atoms with E-state index in [9.17, 15) is 20.0 Å². The predicted octanol–water partition coefficient (Wildman–Crippen LogP) is 1.74. The minimum atomic E-state index is -1.02. The van der Waals surface area contributed by atoms with Crippen LogP contribution in [-0.4, -0.2) is 40.2 Å². The predicted molar refractivity (Wildman–Crippen MR) is 76.3 cm³/mol. The number of anilines is 1. The summed E-state index contributed by atoms with van der Waals surface area (Å²) in [5.41, 5.74) is -1.33. The second-order valence-electron chi connectivity index (χ2n) is 4.91. The van der Waals surface area contributed by atoms with Crippen molar-refractivity contribution in [3.05, 3.63) is 27.9 Å². The number of nitrogens with one attached hydrogen (secondary N) is 1. The van der Waals surface area contributed by atoms with Gasteiger partial charge in [-0.2, -0.15) is 0 Å². The Labute approximate surface area is 122 Å².